The van der Waals surface area contributed by atoms with E-state index >= 15 is 0 Å². The molecule has 0 atom stereocenters. The van der Waals surface area contributed by atoms with E-state index in [0.29, 0.717) is 5.13 Å². The largest absolute Gasteiger partial charge is 0.370 e. The van der Waals surface area contributed by atoms with Gasteiger partial charge in [-0.15, -0.1) is 11.3 Å². The maximum absolute atomic E-state index is 11.6. The molecule has 9 nitrogen and oxygen atoms in total. The number of carbonyl (C=O) groups is 2. The fraction of sp³-hybridized carbons (Fsp3) is 0.429. The monoisotopic (exact) mass is 443 g/mol. The number of nitrogens with zero attached hydrogens (tertiary/aromatic N) is 3. The molecule has 0 aliphatic carbocycles. The molecule has 1 aromatic heterocycles. The van der Waals surface area contributed by atoms with E-state index in [-0.39, 0.29) is 17.8 Å². The molecule has 1 fully saturated rings. The molecule has 10 heteroatoms. The van der Waals surface area contributed by atoms with Gasteiger partial charge in [-0.1, -0.05) is 12.1 Å². The summed E-state index contributed by atoms with van der Waals surface area (Å²) in [5.41, 5.74) is 8.29. The summed E-state index contributed by atoms with van der Waals surface area (Å²) in [6.07, 6.45) is 1.58. The van der Waals surface area contributed by atoms with E-state index in [1.165, 1.54) is 18.3 Å². The first-order valence-corrected chi connectivity index (χ1v) is 11.1. The van der Waals surface area contributed by atoms with Crippen molar-refractivity contribution in [2.45, 2.75) is 33.2 Å². The molecule has 0 saturated carbocycles. The maximum Gasteiger partial charge on any atom is 0.223 e. The van der Waals surface area contributed by atoms with Crippen molar-refractivity contribution in [3.8, 4) is 0 Å². The van der Waals surface area contributed by atoms with Crippen LogP contribution in [0.2, 0.25) is 0 Å². The number of nitrogens with one attached hydrogen (secondary N) is 3. The van der Waals surface area contributed by atoms with Gasteiger partial charge in [0.1, 0.15) is 0 Å². The third kappa shape index (κ3) is 6.76. The van der Waals surface area contributed by atoms with Gasteiger partial charge < -0.3 is 21.3 Å². The van der Waals surface area contributed by atoms with E-state index in [1.54, 1.807) is 6.92 Å². The number of anilines is 2. The zero-order valence-corrected chi connectivity index (χ0v) is 18.7. The number of thiazole rings is 1. The van der Waals surface area contributed by atoms with Crippen LogP contribution in [0.15, 0.2) is 24.3 Å². The molecule has 2 aromatic rings. The van der Waals surface area contributed by atoms with Crippen molar-refractivity contribution < 1.29 is 9.59 Å². The zero-order chi connectivity index (χ0) is 22.4. The number of guanidine groups is 1. The summed E-state index contributed by atoms with van der Waals surface area (Å²) < 4.78 is 0. The predicted molar refractivity (Wildman–Crippen MR) is 123 cm³/mol. The summed E-state index contributed by atoms with van der Waals surface area (Å²) in [7, 11) is 0. The Balaban J connectivity index is 1.65. The van der Waals surface area contributed by atoms with Crippen LogP contribution >= 0.6 is 11.3 Å². The summed E-state index contributed by atoms with van der Waals surface area (Å²) in [5.74, 6) is -0.0967. The normalized spacial score (nSPS) is 14.3. The van der Waals surface area contributed by atoms with E-state index in [2.05, 4.69) is 20.5 Å². The number of amides is 2. The highest BCUT2D eigenvalue weighted by atomic mass is 32.1. The second kappa shape index (κ2) is 10.4. The van der Waals surface area contributed by atoms with Crippen molar-refractivity contribution in [1.29, 1.82) is 5.41 Å². The van der Waals surface area contributed by atoms with E-state index in [0.717, 1.165) is 67.4 Å². The molecule has 0 radical (unpaired) electrons. The lowest BCUT2D eigenvalue weighted by molar-refractivity contribution is -0.130. The van der Waals surface area contributed by atoms with E-state index in [1.807, 2.05) is 29.2 Å². The molecule has 1 aliphatic heterocycles. The molecule has 1 aromatic carbocycles. The molecule has 3 rings (SSSR count). The number of nitrogens with two attached hydrogens (primary N) is 1. The average molecular weight is 444 g/mol. The first-order valence-electron chi connectivity index (χ1n) is 10.2. The highest BCUT2D eigenvalue weighted by Crippen LogP contribution is 2.26. The van der Waals surface area contributed by atoms with Crippen LogP contribution in [-0.4, -0.2) is 58.7 Å². The van der Waals surface area contributed by atoms with Crippen LogP contribution in [0.4, 0.5) is 10.8 Å². The van der Waals surface area contributed by atoms with Gasteiger partial charge in [0.15, 0.2) is 11.1 Å². The standard InChI is InChI=1S/C21H29N7O2S/c1-14(29)24-21-26-18(8-5-16-3-6-17(7-4-16)25-20(22)23)19(31-21)13-27-9-11-28(12-10-27)15(2)30/h3-4,6-7H,5,8-13H2,1-2H3,(H4,22,23,25)(H,24,26,29). The molecule has 2 heterocycles. The van der Waals surface area contributed by atoms with E-state index < -0.39 is 0 Å². The summed E-state index contributed by atoms with van der Waals surface area (Å²) in [6.45, 7) is 7.00. The third-order valence-corrected chi connectivity index (χ3v) is 6.13. The average Bonchev–Trinajstić information content (AvgIpc) is 3.07. The maximum atomic E-state index is 11.6. The molecule has 0 spiro atoms. The van der Waals surface area contributed by atoms with Crippen molar-refractivity contribution in [2.75, 3.05) is 36.8 Å². The minimum atomic E-state index is -0.129. The lowest BCUT2D eigenvalue weighted by Crippen LogP contribution is -2.47. The Morgan fingerprint density at radius 1 is 1.10 bits per heavy atom. The fourth-order valence-electron chi connectivity index (χ4n) is 3.50. The molecule has 2 amide bonds. The van der Waals surface area contributed by atoms with Crippen molar-refractivity contribution in [2.24, 2.45) is 5.73 Å². The van der Waals surface area contributed by atoms with Gasteiger partial charge in [0.2, 0.25) is 11.8 Å². The Morgan fingerprint density at radius 2 is 1.77 bits per heavy atom. The summed E-state index contributed by atoms with van der Waals surface area (Å²) in [6, 6.07) is 7.81. The van der Waals surface area contributed by atoms with Crippen LogP contribution in [0.1, 0.15) is 30.0 Å². The molecular weight excluding hydrogens is 414 g/mol. The number of aromatic nitrogens is 1. The van der Waals surface area contributed by atoms with Gasteiger partial charge in [-0.2, -0.15) is 0 Å². The van der Waals surface area contributed by atoms with Crippen LogP contribution in [0.25, 0.3) is 0 Å². The van der Waals surface area contributed by atoms with Gasteiger partial charge in [0, 0.05) is 57.1 Å². The smallest absolute Gasteiger partial charge is 0.223 e. The Morgan fingerprint density at radius 3 is 2.35 bits per heavy atom. The van der Waals surface area contributed by atoms with E-state index in [9.17, 15) is 9.59 Å². The molecule has 5 N–H and O–H groups in total. The Bertz CT molecular complexity index is 934. The second-order valence-electron chi connectivity index (χ2n) is 7.59. The number of piperazine rings is 1. The number of benzene rings is 1. The third-order valence-electron chi connectivity index (χ3n) is 5.13. The molecule has 31 heavy (non-hydrogen) atoms. The molecule has 0 bridgehead atoms. The number of hydrogen-bond donors (Lipinski definition) is 4. The van der Waals surface area contributed by atoms with Crippen LogP contribution in [-0.2, 0) is 29.0 Å². The molecular formula is C21H29N7O2S. The fourth-order valence-corrected chi connectivity index (χ4v) is 4.60. The first kappa shape index (κ1) is 22.7. The summed E-state index contributed by atoms with van der Waals surface area (Å²) in [5, 5.41) is 13.5. The lowest BCUT2D eigenvalue weighted by Gasteiger charge is -2.34. The highest BCUT2D eigenvalue weighted by molar-refractivity contribution is 7.15. The van der Waals surface area contributed by atoms with Crippen molar-refractivity contribution in [3.05, 3.63) is 40.4 Å². The van der Waals surface area contributed by atoms with Gasteiger partial charge >= 0.3 is 0 Å². The molecule has 0 unspecified atom stereocenters. The predicted octanol–water partition coefficient (Wildman–Crippen LogP) is 1.86. The number of rotatable bonds is 7. The highest BCUT2D eigenvalue weighted by Gasteiger charge is 2.21. The number of carbonyl (C=O) groups excluding carboxylic acids is 2. The Hall–Kier alpha value is -2.98. The number of aryl methyl sites for hydroxylation is 2. The molecule has 1 saturated heterocycles. The molecule has 166 valence electrons. The minimum absolute atomic E-state index is 0.0884. The summed E-state index contributed by atoms with van der Waals surface area (Å²) in [4.78, 5) is 33.1. The van der Waals surface area contributed by atoms with Crippen molar-refractivity contribution in [1.82, 2.24) is 14.8 Å². The Kier molecular flexibility index (Phi) is 7.59. The van der Waals surface area contributed by atoms with Gasteiger partial charge in [-0.25, -0.2) is 4.98 Å². The summed E-state index contributed by atoms with van der Waals surface area (Å²) >= 11 is 1.52. The Labute approximate surface area is 186 Å². The van der Waals surface area contributed by atoms with Crippen molar-refractivity contribution in [3.63, 3.8) is 0 Å². The zero-order valence-electron chi connectivity index (χ0n) is 17.9. The van der Waals surface area contributed by atoms with Crippen LogP contribution in [0.5, 0.6) is 0 Å². The van der Waals surface area contributed by atoms with Crippen LogP contribution in [0, 0.1) is 5.41 Å². The van der Waals surface area contributed by atoms with Gasteiger partial charge in [-0.05, 0) is 30.5 Å². The van der Waals surface area contributed by atoms with E-state index in [4.69, 9.17) is 11.1 Å². The van der Waals surface area contributed by atoms with Gasteiger partial charge in [0.25, 0.3) is 0 Å². The van der Waals surface area contributed by atoms with Crippen LogP contribution < -0.4 is 16.4 Å². The number of hydrogen-bond acceptors (Lipinski definition) is 6. The van der Waals surface area contributed by atoms with Crippen LogP contribution in [0.3, 0.4) is 0 Å². The van der Waals surface area contributed by atoms with Crippen molar-refractivity contribution >= 4 is 39.9 Å². The topological polar surface area (TPSA) is 127 Å². The van der Waals surface area contributed by atoms with Gasteiger partial charge in [-0.3, -0.25) is 19.9 Å². The molecule has 1 aliphatic rings. The minimum Gasteiger partial charge on any atom is -0.370 e. The lowest BCUT2D eigenvalue weighted by atomic mass is 10.1. The first-order chi connectivity index (χ1) is 14.8. The van der Waals surface area contributed by atoms with Gasteiger partial charge in [0.05, 0.1) is 5.69 Å². The SMILES string of the molecule is CC(=O)Nc1nc(CCc2ccc(NC(=N)N)cc2)c(CN2CCN(C(C)=O)CC2)s1. The quantitative estimate of drug-likeness (QED) is 0.382. The second-order valence-corrected chi connectivity index (χ2v) is 8.67.